The Bertz CT molecular complexity index is 1340. The summed E-state index contributed by atoms with van der Waals surface area (Å²) in [4.78, 5) is 26.8. The van der Waals surface area contributed by atoms with Crippen LogP contribution in [0.3, 0.4) is 0 Å². The number of fused-ring (bicyclic) bond motifs is 1. The zero-order chi connectivity index (χ0) is 23.9. The number of halogens is 2. The molecule has 0 saturated carbocycles. The van der Waals surface area contributed by atoms with Gasteiger partial charge in [-0.25, -0.2) is 0 Å². The van der Waals surface area contributed by atoms with Crippen molar-refractivity contribution in [2.24, 2.45) is 0 Å². The van der Waals surface area contributed by atoms with E-state index >= 15 is 0 Å². The topological polar surface area (TPSA) is 77.1 Å². The van der Waals surface area contributed by atoms with Crippen LogP contribution in [0.5, 0.6) is 23.0 Å². The maximum atomic E-state index is 13.3. The Labute approximate surface area is 197 Å². The molecule has 3 aromatic carbocycles. The fourth-order valence-electron chi connectivity index (χ4n) is 3.40. The molecule has 1 fully saturated rings. The van der Waals surface area contributed by atoms with Gasteiger partial charge in [-0.05, 0) is 72.4 Å². The van der Waals surface area contributed by atoms with Gasteiger partial charge in [-0.1, -0.05) is 24.3 Å². The number of thiocarbonyl (C=S) groups is 1. The number of para-hydroxylation sites is 1. The van der Waals surface area contributed by atoms with E-state index in [9.17, 15) is 18.4 Å². The molecule has 7 nitrogen and oxygen atoms in total. The summed E-state index contributed by atoms with van der Waals surface area (Å²) in [7, 11) is 0. The normalized spacial score (nSPS) is 17.6. The molecule has 10 heteroatoms. The molecule has 2 aliphatic rings. The molecule has 170 valence electrons. The van der Waals surface area contributed by atoms with Gasteiger partial charge in [0.1, 0.15) is 17.1 Å². The first-order valence-electron chi connectivity index (χ1n) is 9.93. The highest BCUT2D eigenvalue weighted by molar-refractivity contribution is 7.80. The van der Waals surface area contributed by atoms with E-state index in [0.29, 0.717) is 17.2 Å². The number of amides is 2. The van der Waals surface area contributed by atoms with Gasteiger partial charge < -0.3 is 14.2 Å². The lowest BCUT2D eigenvalue weighted by Crippen LogP contribution is -2.54. The number of nitrogens with one attached hydrogen (secondary N) is 1. The summed E-state index contributed by atoms with van der Waals surface area (Å²) >= 11 is 5.20. The number of nitrogens with zero attached hydrogens (tertiary/aromatic N) is 1. The Morgan fingerprint density at radius 2 is 1.59 bits per heavy atom. The number of hydrogen-bond donors (Lipinski definition) is 1. The third-order valence-electron chi connectivity index (χ3n) is 4.91. The molecule has 2 heterocycles. The van der Waals surface area contributed by atoms with Gasteiger partial charge >= 0.3 is 6.29 Å². The van der Waals surface area contributed by atoms with E-state index in [1.54, 1.807) is 36.4 Å². The van der Waals surface area contributed by atoms with E-state index in [4.69, 9.17) is 17.0 Å². The number of carbonyl (C=O) groups excluding carboxylic acids is 2. The summed E-state index contributed by atoms with van der Waals surface area (Å²) in [5, 5.41) is 2.38. The predicted molar refractivity (Wildman–Crippen MR) is 122 cm³/mol. The first kappa shape index (κ1) is 21.5. The third kappa shape index (κ3) is 4.18. The average molecular weight is 480 g/mol. The Morgan fingerprint density at radius 1 is 0.912 bits per heavy atom. The van der Waals surface area contributed by atoms with Crippen molar-refractivity contribution in [3.8, 4) is 23.0 Å². The van der Waals surface area contributed by atoms with Crippen LogP contribution in [-0.2, 0) is 9.59 Å². The van der Waals surface area contributed by atoms with Gasteiger partial charge in [0.05, 0.1) is 5.69 Å². The summed E-state index contributed by atoms with van der Waals surface area (Å²) in [5.74, 6) is -0.538. The average Bonchev–Trinajstić information content (AvgIpc) is 3.11. The highest BCUT2D eigenvalue weighted by Crippen LogP contribution is 2.41. The van der Waals surface area contributed by atoms with Crippen molar-refractivity contribution in [1.82, 2.24) is 5.32 Å². The number of ether oxygens (including phenoxy) is 3. The second-order valence-electron chi connectivity index (χ2n) is 7.24. The predicted octanol–water partition coefficient (Wildman–Crippen LogP) is 4.63. The minimum absolute atomic E-state index is 0.0887. The third-order valence-corrected chi connectivity index (χ3v) is 5.20. The maximum absolute atomic E-state index is 13.3. The molecule has 0 aromatic heterocycles. The van der Waals surface area contributed by atoms with Gasteiger partial charge in [0, 0.05) is 0 Å². The minimum Gasteiger partial charge on any atom is -0.457 e. The molecule has 0 radical (unpaired) electrons. The fourth-order valence-corrected chi connectivity index (χ4v) is 3.68. The largest absolute Gasteiger partial charge is 0.586 e. The van der Waals surface area contributed by atoms with Crippen molar-refractivity contribution in [2.45, 2.75) is 6.29 Å². The zero-order valence-corrected chi connectivity index (χ0v) is 18.0. The van der Waals surface area contributed by atoms with Gasteiger partial charge in [-0.15, -0.1) is 8.78 Å². The molecule has 0 atom stereocenters. The fraction of sp³-hybridized carbons (Fsp3) is 0.0417. The van der Waals surface area contributed by atoms with Crippen molar-refractivity contribution >= 4 is 40.9 Å². The molecule has 1 N–H and O–H groups in total. The molecule has 1 saturated heterocycles. The summed E-state index contributed by atoms with van der Waals surface area (Å²) in [5.41, 5.74) is 0.466. The molecule has 0 aliphatic carbocycles. The molecule has 2 amide bonds. The Kier molecular flexibility index (Phi) is 5.21. The molecule has 0 bridgehead atoms. The lowest BCUT2D eigenvalue weighted by Gasteiger charge is -2.29. The van der Waals surface area contributed by atoms with E-state index < -0.39 is 18.1 Å². The summed E-state index contributed by atoms with van der Waals surface area (Å²) < 4.78 is 41.1. The van der Waals surface area contributed by atoms with E-state index in [1.165, 1.54) is 24.3 Å². The molecular weight excluding hydrogens is 466 g/mol. The maximum Gasteiger partial charge on any atom is 0.586 e. The first-order chi connectivity index (χ1) is 16.3. The van der Waals surface area contributed by atoms with Crippen LogP contribution in [0.1, 0.15) is 5.56 Å². The van der Waals surface area contributed by atoms with Crippen LogP contribution in [0, 0.1) is 0 Å². The molecule has 34 heavy (non-hydrogen) atoms. The molecule has 0 unspecified atom stereocenters. The lowest BCUT2D eigenvalue weighted by atomic mass is 10.1. The van der Waals surface area contributed by atoms with E-state index in [0.717, 1.165) is 4.90 Å². The second-order valence-corrected chi connectivity index (χ2v) is 7.63. The van der Waals surface area contributed by atoms with Crippen LogP contribution in [-0.4, -0.2) is 23.2 Å². The van der Waals surface area contributed by atoms with E-state index in [1.807, 2.05) is 18.2 Å². The molecule has 2 aliphatic heterocycles. The highest BCUT2D eigenvalue weighted by Gasteiger charge is 2.43. The number of carbonyl (C=O) groups is 2. The van der Waals surface area contributed by atoms with Crippen molar-refractivity contribution in [3.05, 3.63) is 83.9 Å². The summed E-state index contributed by atoms with van der Waals surface area (Å²) in [6.45, 7) is 0. The Hall–Kier alpha value is -4.31. The number of rotatable bonds is 4. The second kappa shape index (κ2) is 8.23. The van der Waals surface area contributed by atoms with Crippen molar-refractivity contribution in [3.63, 3.8) is 0 Å². The first-order valence-corrected chi connectivity index (χ1v) is 10.3. The highest BCUT2D eigenvalue weighted by atomic mass is 32.1. The SMILES string of the molecule is O=C1NC(=S)N(c2ccc(Oc3ccccc3)cc2)C(=O)/C1=C/c1ccc2c(c1)OC(F)(F)O2. The monoisotopic (exact) mass is 480 g/mol. The van der Waals surface area contributed by atoms with E-state index in [-0.39, 0.29) is 27.7 Å². The van der Waals surface area contributed by atoms with Gasteiger partial charge in [0.15, 0.2) is 16.6 Å². The van der Waals surface area contributed by atoms with Crippen molar-refractivity contribution in [2.75, 3.05) is 4.90 Å². The van der Waals surface area contributed by atoms with Gasteiger partial charge in [-0.3, -0.25) is 19.8 Å². The van der Waals surface area contributed by atoms with Crippen molar-refractivity contribution in [1.29, 1.82) is 0 Å². The molecular formula is C24H14F2N2O5S. The Morgan fingerprint density at radius 3 is 2.32 bits per heavy atom. The number of anilines is 1. The number of hydrogen-bond acceptors (Lipinski definition) is 6. The zero-order valence-electron chi connectivity index (χ0n) is 17.2. The quantitative estimate of drug-likeness (QED) is 0.333. The van der Waals surface area contributed by atoms with Crippen LogP contribution in [0.2, 0.25) is 0 Å². The molecule has 5 rings (SSSR count). The number of alkyl halides is 2. The Balaban J connectivity index is 1.40. The van der Waals surface area contributed by atoms with E-state index in [2.05, 4.69) is 14.8 Å². The smallest absolute Gasteiger partial charge is 0.457 e. The van der Waals surface area contributed by atoms with Crippen molar-refractivity contribution < 1.29 is 32.6 Å². The summed E-state index contributed by atoms with van der Waals surface area (Å²) in [6.07, 6.45) is -2.51. The van der Waals surface area contributed by atoms with Crippen LogP contribution < -0.4 is 24.4 Å². The van der Waals surface area contributed by atoms with Crippen LogP contribution in [0.25, 0.3) is 6.08 Å². The minimum atomic E-state index is -3.77. The number of benzene rings is 3. The van der Waals surface area contributed by atoms with Gasteiger partial charge in [0.25, 0.3) is 11.8 Å². The molecule has 0 spiro atoms. The van der Waals surface area contributed by atoms with Gasteiger partial charge in [-0.2, -0.15) is 0 Å². The van der Waals surface area contributed by atoms with Crippen LogP contribution >= 0.6 is 12.2 Å². The van der Waals surface area contributed by atoms with Crippen LogP contribution in [0.4, 0.5) is 14.5 Å². The summed E-state index contributed by atoms with van der Waals surface area (Å²) in [6, 6.07) is 19.7. The van der Waals surface area contributed by atoms with Gasteiger partial charge in [0.2, 0.25) is 0 Å². The van der Waals surface area contributed by atoms with Crippen LogP contribution in [0.15, 0.2) is 78.4 Å². The standard InChI is InChI=1S/C24H14F2N2O5S/c25-24(26)32-19-11-6-14(13-20(19)33-24)12-18-21(29)27-23(34)28(22(18)30)15-7-9-17(10-8-15)31-16-4-2-1-3-5-16/h1-13H,(H,27,29,34)/b18-12+. The molecule has 3 aromatic rings. The lowest BCUT2D eigenvalue weighted by molar-refractivity contribution is -0.286.